The molecule has 38 heavy (non-hydrogen) atoms. The van der Waals surface area contributed by atoms with Crippen LogP contribution in [0.5, 0.6) is 0 Å². The third-order valence-corrected chi connectivity index (χ3v) is 7.66. The van der Waals surface area contributed by atoms with Crippen LogP contribution in [0.1, 0.15) is 30.0 Å². The number of nitrogens with zero attached hydrogens (tertiary/aromatic N) is 2. The minimum Gasteiger partial charge on any atom is -0.354 e. The summed E-state index contributed by atoms with van der Waals surface area (Å²) in [5, 5.41) is 2.94. The molecule has 9 heteroatoms. The van der Waals surface area contributed by atoms with E-state index in [-0.39, 0.29) is 12.5 Å². The number of hydrogen-bond acceptors (Lipinski definition) is 4. The van der Waals surface area contributed by atoms with E-state index in [0.29, 0.717) is 23.1 Å². The zero-order chi connectivity index (χ0) is 27.7. The standard InChI is InChI=1S/C29H34BrN3O4S/c1-4-16-31-29(35)27(18-23-11-6-5-7-12-23)32(20-24-13-8-10-22(2)17-24)28(34)21-33(38(3,36)37)26-15-9-14-25(30)19-26/h5-15,17,19,27H,4,16,18,20-21H2,1-3H3,(H,31,35). The lowest BCUT2D eigenvalue weighted by molar-refractivity contribution is -0.140. The molecule has 3 aromatic rings. The highest BCUT2D eigenvalue weighted by Gasteiger charge is 2.33. The van der Waals surface area contributed by atoms with Gasteiger partial charge in [0.25, 0.3) is 0 Å². The molecule has 0 aliphatic carbocycles. The Bertz CT molecular complexity index is 1350. The van der Waals surface area contributed by atoms with Crippen LogP contribution >= 0.6 is 15.9 Å². The summed E-state index contributed by atoms with van der Waals surface area (Å²) in [6.45, 7) is 4.12. The summed E-state index contributed by atoms with van der Waals surface area (Å²) in [6, 6.07) is 23.2. The number of halogens is 1. The number of rotatable bonds is 12. The molecule has 0 saturated carbocycles. The molecule has 3 aromatic carbocycles. The lowest BCUT2D eigenvalue weighted by Crippen LogP contribution is -2.53. The lowest BCUT2D eigenvalue weighted by atomic mass is 10.0. The molecule has 1 N–H and O–H groups in total. The number of carbonyl (C=O) groups is 2. The van der Waals surface area contributed by atoms with Gasteiger partial charge < -0.3 is 10.2 Å². The SMILES string of the molecule is CCCNC(=O)C(Cc1ccccc1)N(Cc1cccc(C)c1)C(=O)CN(c1cccc(Br)c1)S(C)(=O)=O. The van der Waals surface area contributed by atoms with Crippen molar-refractivity contribution >= 4 is 43.5 Å². The molecular weight excluding hydrogens is 566 g/mol. The number of anilines is 1. The average molecular weight is 601 g/mol. The quantitative estimate of drug-likeness (QED) is 0.327. The molecule has 0 aliphatic rings. The highest BCUT2D eigenvalue weighted by Crippen LogP contribution is 2.23. The topological polar surface area (TPSA) is 86.8 Å². The van der Waals surface area contributed by atoms with Gasteiger partial charge in [-0.15, -0.1) is 0 Å². The molecule has 0 radical (unpaired) electrons. The fourth-order valence-corrected chi connectivity index (χ4v) is 5.40. The summed E-state index contributed by atoms with van der Waals surface area (Å²) >= 11 is 3.38. The van der Waals surface area contributed by atoms with E-state index in [2.05, 4.69) is 21.2 Å². The summed E-state index contributed by atoms with van der Waals surface area (Å²) in [5.41, 5.74) is 3.14. The van der Waals surface area contributed by atoms with Gasteiger partial charge in [-0.1, -0.05) is 89.1 Å². The zero-order valence-corrected chi connectivity index (χ0v) is 24.3. The van der Waals surface area contributed by atoms with Crippen molar-refractivity contribution in [3.05, 3.63) is 100 Å². The smallest absolute Gasteiger partial charge is 0.244 e. The van der Waals surface area contributed by atoms with Crippen molar-refractivity contribution in [1.29, 1.82) is 0 Å². The maximum Gasteiger partial charge on any atom is 0.244 e. The van der Waals surface area contributed by atoms with Crippen molar-refractivity contribution in [2.24, 2.45) is 0 Å². The molecule has 0 aromatic heterocycles. The minimum atomic E-state index is -3.80. The fourth-order valence-electron chi connectivity index (χ4n) is 4.17. The number of nitrogens with one attached hydrogen (secondary N) is 1. The van der Waals surface area contributed by atoms with E-state index in [1.165, 1.54) is 4.90 Å². The molecule has 0 fully saturated rings. The van der Waals surface area contributed by atoms with E-state index in [0.717, 1.165) is 33.7 Å². The van der Waals surface area contributed by atoms with Crippen LogP contribution in [0.25, 0.3) is 0 Å². The van der Waals surface area contributed by atoms with Crippen molar-refractivity contribution in [3.8, 4) is 0 Å². The Labute approximate surface area is 234 Å². The van der Waals surface area contributed by atoms with Crippen molar-refractivity contribution < 1.29 is 18.0 Å². The van der Waals surface area contributed by atoms with Crippen molar-refractivity contribution in [1.82, 2.24) is 10.2 Å². The first-order chi connectivity index (χ1) is 18.1. The van der Waals surface area contributed by atoms with E-state index < -0.39 is 28.5 Å². The number of sulfonamides is 1. The van der Waals surface area contributed by atoms with E-state index in [4.69, 9.17) is 0 Å². The summed E-state index contributed by atoms with van der Waals surface area (Å²) in [5.74, 6) is -0.741. The van der Waals surface area contributed by atoms with Gasteiger partial charge in [0.05, 0.1) is 11.9 Å². The van der Waals surface area contributed by atoms with Crippen molar-refractivity contribution in [3.63, 3.8) is 0 Å². The van der Waals surface area contributed by atoms with Crippen LogP contribution in [0.2, 0.25) is 0 Å². The average Bonchev–Trinajstić information content (AvgIpc) is 2.87. The number of aryl methyl sites for hydroxylation is 1. The first-order valence-electron chi connectivity index (χ1n) is 12.5. The monoisotopic (exact) mass is 599 g/mol. The maximum atomic E-state index is 14.0. The molecule has 202 valence electrons. The highest BCUT2D eigenvalue weighted by atomic mass is 79.9. The van der Waals surface area contributed by atoms with E-state index in [9.17, 15) is 18.0 Å². The van der Waals surface area contributed by atoms with Crippen molar-refractivity contribution in [2.45, 2.75) is 39.3 Å². The van der Waals surface area contributed by atoms with Crippen molar-refractivity contribution in [2.75, 3.05) is 23.7 Å². The number of hydrogen-bond donors (Lipinski definition) is 1. The second-order valence-electron chi connectivity index (χ2n) is 9.26. The first-order valence-corrected chi connectivity index (χ1v) is 15.1. The van der Waals surface area contributed by atoms with Crippen LogP contribution in [0.15, 0.2) is 83.3 Å². The summed E-state index contributed by atoms with van der Waals surface area (Å²) < 4.78 is 27.4. The molecule has 1 atom stereocenters. The predicted molar refractivity (Wildman–Crippen MR) is 155 cm³/mol. The van der Waals surface area contributed by atoms with Crippen LogP contribution in [0.4, 0.5) is 5.69 Å². The van der Waals surface area contributed by atoms with Gasteiger partial charge in [-0.05, 0) is 42.7 Å². The number of amides is 2. The third kappa shape index (κ3) is 8.43. The molecule has 0 saturated heterocycles. The van der Waals surface area contributed by atoms with Crippen LogP contribution in [-0.2, 0) is 32.6 Å². The Morgan fingerprint density at radius 1 is 0.947 bits per heavy atom. The Hall–Kier alpha value is -3.17. The lowest BCUT2D eigenvalue weighted by Gasteiger charge is -2.33. The molecule has 0 aliphatic heterocycles. The molecule has 0 heterocycles. The van der Waals surface area contributed by atoms with Gasteiger partial charge in [-0.3, -0.25) is 13.9 Å². The molecular formula is C29H34BrN3O4S. The Morgan fingerprint density at radius 3 is 2.26 bits per heavy atom. The summed E-state index contributed by atoms with van der Waals surface area (Å²) in [6.07, 6.45) is 2.12. The maximum absolute atomic E-state index is 14.0. The second-order valence-corrected chi connectivity index (χ2v) is 12.1. The number of carbonyl (C=O) groups excluding carboxylic acids is 2. The zero-order valence-electron chi connectivity index (χ0n) is 21.9. The largest absolute Gasteiger partial charge is 0.354 e. The molecule has 2 amide bonds. The minimum absolute atomic E-state index is 0.160. The van der Waals surface area contributed by atoms with Crippen LogP contribution < -0.4 is 9.62 Å². The Kier molecular flexibility index (Phi) is 10.5. The first kappa shape index (κ1) is 29.4. The van der Waals surface area contributed by atoms with E-state index in [1.54, 1.807) is 24.3 Å². The molecule has 1 unspecified atom stereocenters. The van der Waals surface area contributed by atoms with Gasteiger partial charge in [0.1, 0.15) is 12.6 Å². The van der Waals surface area contributed by atoms with Gasteiger partial charge >= 0.3 is 0 Å². The normalized spacial score (nSPS) is 12.0. The van der Waals surface area contributed by atoms with E-state index >= 15 is 0 Å². The van der Waals surface area contributed by atoms with Gasteiger partial charge in [0, 0.05) is 24.0 Å². The Balaban J connectivity index is 2.04. The molecule has 0 spiro atoms. The van der Waals surface area contributed by atoms with Crippen LogP contribution in [-0.4, -0.2) is 50.5 Å². The molecule has 7 nitrogen and oxygen atoms in total. The molecule has 3 rings (SSSR count). The highest BCUT2D eigenvalue weighted by molar-refractivity contribution is 9.10. The summed E-state index contributed by atoms with van der Waals surface area (Å²) in [4.78, 5) is 29.0. The van der Waals surface area contributed by atoms with E-state index in [1.807, 2.05) is 68.4 Å². The van der Waals surface area contributed by atoms with Gasteiger partial charge in [-0.2, -0.15) is 0 Å². The molecule has 0 bridgehead atoms. The Morgan fingerprint density at radius 2 is 1.63 bits per heavy atom. The van der Waals surface area contributed by atoms with Gasteiger partial charge in [0.15, 0.2) is 0 Å². The third-order valence-electron chi connectivity index (χ3n) is 6.03. The predicted octanol–water partition coefficient (Wildman–Crippen LogP) is 4.69. The van der Waals surface area contributed by atoms with Crippen LogP contribution in [0.3, 0.4) is 0 Å². The van der Waals surface area contributed by atoms with Gasteiger partial charge in [0.2, 0.25) is 21.8 Å². The number of benzene rings is 3. The van der Waals surface area contributed by atoms with Gasteiger partial charge in [-0.25, -0.2) is 8.42 Å². The fraction of sp³-hybridized carbons (Fsp3) is 0.310. The van der Waals surface area contributed by atoms with Crippen LogP contribution in [0, 0.1) is 6.92 Å². The summed E-state index contributed by atoms with van der Waals surface area (Å²) in [7, 11) is -3.80. The second kappa shape index (κ2) is 13.6.